The summed E-state index contributed by atoms with van der Waals surface area (Å²) in [5, 5.41) is 6.64. The van der Waals surface area contributed by atoms with Gasteiger partial charge in [0, 0.05) is 37.6 Å². The first-order valence-corrected chi connectivity index (χ1v) is 7.57. The number of carbonyl (C=O) groups is 2. The molecule has 0 atom stereocenters. The average molecular weight is 314 g/mol. The summed E-state index contributed by atoms with van der Waals surface area (Å²) in [4.78, 5) is 30.1. The van der Waals surface area contributed by atoms with E-state index in [4.69, 9.17) is 4.52 Å². The van der Waals surface area contributed by atoms with Gasteiger partial charge in [0.1, 0.15) is 5.76 Å². The Balaban J connectivity index is 1.52. The van der Waals surface area contributed by atoms with Crippen molar-refractivity contribution in [2.75, 3.05) is 13.1 Å². The third-order valence-electron chi connectivity index (χ3n) is 3.89. The summed E-state index contributed by atoms with van der Waals surface area (Å²) in [6, 6.07) is 5.16. The van der Waals surface area contributed by atoms with Crippen LogP contribution < -0.4 is 5.32 Å². The Labute approximate surface area is 133 Å². The second kappa shape index (κ2) is 6.60. The third-order valence-corrected chi connectivity index (χ3v) is 3.89. The van der Waals surface area contributed by atoms with E-state index in [0.717, 1.165) is 0 Å². The molecular weight excluding hydrogens is 296 g/mol. The Bertz CT molecular complexity index is 690. The maximum atomic E-state index is 12.3. The lowest BCUT2D eigenvalue weighted by atomic mass is 10.0. The molecule has 23 heavy (non-hydrogen) atoms. The number of amides is 2. The van der Waals surface area contributed by atoms with Crippen LogP contribution in [0.5, 0.6) is 0 Å². The summed E-state index contributed by atoms with van der Waals surface area (Å²) in [7, 11) is 0. The molecule has 0 saturated carbocycles. The molecule has 7 heteroatoms. The van der Waals surface area contributed by atoms with Gasteiger partial charge in [-0.25, -0.2) is 0 Å². The van der Waals surface area contributed by atoms with Crippen molar-refractivity contribution >= 4 is 11.8 Å². The molecule has 1 fully saturated rings. The van der Waals surface area contributed by atoms with Crippen molar-refractivity contribution in [3.63, 3.8) is 0 Å². The minimum atomic E-state index is -0.237. The van der Waals surface area contributed by atoms with E-state index in [1.54, 1.807) is 42.4 Å². The van der Waals surface area contributed by atoms with Crippen molar-refractivity contribution in [2.24, 2.45) is 0 Å². The smallest absolute Gasteiger partial charge is 0.273 e. The zero-order valence-corrected chi connectivity index (χ0v) is 12.9. The third kappa shape index (κ3) is 3.56. The lowest BCUT2D eigenvalue weighted by Gasteiger charge is -2.32. The minimum absolute atomic E-state index is 0.0185. The van der Waals surface area contributed by atoms with Gasteiger partial charge in [-0.05, 0) is 31.9 Å². The zero-order chi connectivity index (χ0) is 16.2. The molecular formula is C16H18N4O3. The predicted octanol–water partition coefficient (Wildman–Crippen LogP) is 1.41. The summed E-state index contributed by atoms with van der Waals surface area (Å²) in [5.41, 5.74) is 0.879. The Hall–Kier alpha value is -2.70. The van der Waals surface area contributed by atoms with Gasteiger partial charge in [0.05, 0.1) is 5.56 Å². The van der Waals surface area contributed by atoms with Crippen LogP contribution in [0.4, 0.5) is 0 Å². The summed E-state index contributed by atoms with van der Waals surface area (Å²) in [5.74, 6) is 0.348. The number of likely N-dealkylation sites (tertiary alicyclic amines) is 1. The highest BCUT2D eigenvalue weighted by Gasteiger charge is 2.25. The number of nitrogens with one attached hydrogen (secondary N) is 1. The molecule has 3 rings (SSSR count). The van der Waals surface area contributed by atoms with Crippen LogP contribution in [0.3, 0.4) is 0 Å². The Morgan fingerprint density at radius 1 is 1.35 bits per heavy atom. The molecule has 2 aromatic heterocycles. The molecule has 1 saturated heterocycles. The van der Waals surface area contributed by atoms with E-state index >= 15 is 0 Å². The van der Waals surface area contributed by atoms with Crippen LogP contribution in [0.15, 0.2) is 35.1 Å². The molecule has 0 radical (unpaired) electrons. The molecule has 0 unspecified atom stereocenters. The topological polar surface area (TPSA) is 88.3 Å². The number of rotatable bonds is 3. The highest BCUT2D eigenvalue weighted by atomic mass is 16.5. The van der Waals surface area contributed by atoms with Crippen LogP contribution in [0, 0.1) is 6.92 Å². The zero-order valence-electron chi connectivity index (χ0n) is 12.9. The molecule has 0 aromatic carbocycles. The lowest BCUT2D eigenvalue weighted by molar-refractivity contribution is 0.0697. The largest absolute Gasteiger partial charge is 0.361 e. The first-order chi connectivity index (χ1) is 11.1. The number of aryl methyl sites for hydroxylation is 1. The fourth-order valence-electron chi connectivity index (χ4n) is 2.63. The summed E-state index contributed by atoms with van der Waals surface area (Å²) < 4.78 is 4.90. The van der Waals surface area contributed by atoms with Gasteiger partial charge in [-0.3, -0.25) is 14.6 Å². The van der Waals surface area contributed by atoms with Crippen LogP contribution in [0.25, 0.3) is 0 Å². The molecule has 0 aliphatic carbocycles. The van der Waals surface area contributed by atoms with Crippen molar-refractivity contribution in [1.29, 1.82) is 0 Å². The summed E-state index contributed by atoms with van der Waals surface area (Å²) in [6.45, 7) is 2.96. The van der Waals surface area contributed by atoms with Crippen molar-refractivity contribution in [1.82, 2.24) is 20.4 Å². The number of carbonyl (C=O) groups excluding carboxylic acids is 2. The number of pyridine rings is 1. The fourth-order valence-corrected chi connectivity index (χ4v) is 2.63. The standard InChI is InChI=1S/C16H18N4O3/c1-11-9-14(19-23-11)15(21)18-13-4-7-20(8-5-13)16(22)12-3-2-6-17-10-12/h2-3,6,9-10,13H,4-5,7-8H2,1H3,(H,18,21). The first-order valence-electron chi connectivity index (χ1n) is 7.57. The molecule has 0 bridgehead atoms. The molecule has 3 heterocycles. The van der Waals surface area contributed by atoms with E-state index in [2.05, 4.69) is 15.5 Å². The SMILES string of the molecule is Cc1cc(C(=O)NC2CCN(C(=O)c3cccnc3)CC2)no1. The van der Waals surface area contributed by atoms with Crippen LogP contribution in [0.2, 0.25) is 0 Å². The van der Waals surface area contributed by atoms with Crippen LogP contribution >= 0.6 is 0 Å². The van der Waals surface area contributed by atoms with Gasteiger partial charge in [0.25, 0.3) is 11.8 Å². The number of aromatic nitrogens is 2. The van der Waals surface area contributed by atoms with Crippen molar-refractivity contribution in [3.8, 4) is 0 Å². The van der Waals surface area contributed by atoms with Gasteiger partial charge in [0.2, 0.25) is 0 Å². The molecule has 2 aromatic rings. The number of hydrogen-bond acceptors (Lipinski definition) is 5. The van der Waals surface area contributed by atoms with Gasteiger partial charge in [-0.1, -0.05) is 5.16 Å². The molecule has 1 aliphatic heterocycles. The van der Waals surface area contributed by atoms with E-state index in [9.17, 15) is 9.59 Å². The van der Waals surface area contributed by atoms with Gasteiger partial charge in [0.15, 0.2) is 5.69 Å². The quantitative estimate of drug-likeness (QED) is 0.925. The summed E-state index contributed by atoms with van der Waals surface area (Å²) in [6.07, 6.45) is 4.65. The first kappa shape index (κ1) is 15.2. The second-order valence-electron chi connectivity index (χ2n) is 5.60. The molecule has 1 aliphatic rings. The normalized spacial score (nSPS) is 15.4. The maximum absolute atomic E-state index is 12.3. The second-order valence-corrected chi connectivity index (χ2v) is 5.60. The monoisotopic (exact) mass is 314 g/mol. The fraction of sp³-hybridized carbons (Fsp3) is 0.375. The van der Waals surface area contributed by atoms with Crippen molar-refractivity contribution in [2.45, 2.75) is 25.8 Å². The van der Waals surface area contributed by atoms with Gasteiger partial charge < -0.3 is 14.7 Å². The number of piperidine rings is 1. The van der Waals surface area contributed by atoms with Crippen molar-refractivity contribution in [3.05, 3.63) is 47.6 Å². The van der Waals surface area contributed by atoms with Gasteiger partial charge in [-0.15, -0.1) is 0 Å². The van der Waals surface area contributed by atoms with Gasteiger partial charge in [-0.2, -0.15) is 0 Å². The molecule has 1 N–H and O–H groups in total. The predicted molar refractivity (Wildman–Crippen MR) is 81.9 cm³/mol. The highest BCUT2D eigenvalue weighted by Crippen LogP contribution is 2.14. The van der Waals surface area contributed by atoms with E-state index in [0.29, 0.717) is 37.3 Å². The number of nitrogens with zero attached hydrogens (tertiary/aromatic N) is 3. The van der Waals surface area contributed by atoms with Crippen LogP contribution in [0.1, 0.15) is 39.4 Å². The van der Waals surface area contributed by atoms with Crippen LogP contribution in [-0.4, -0.2) is 46.0 Å². The Morgan fingerprint density at radius 3 is 2.74 bits per heavy atom. The molecule has 120 valence electrons. The summed E-state index contributed by atoms with van der Waals surface area (Å²) >= 11 is 0. The van der Waals surface area contributed by atoms with E-state index in [1.807, 2.05) is 0 Å². The molecule has 0 spiro atoms. The van der Waals surface area contributed by atoms with Gasteiger partial charge >= 0.3 is 0 Å². The Kier molecular flexibility index (Phi) is 4.36. The average Bonchev–Trinajstić information content (AvgIpc) is 3.02. The maximum Gasteiger partial charge on any atom is 0.273 e. The molecule has 2 amide bonds. The van der Waals surface area contributed by atoms with Crippen LogP contribution in [-0.2, 0) is 0 Å². The van der Waals surface area contributed by atoms with E-state index in [-0.39, 0.29) is 23.6 Å². The Morgan fingerprint density at radius 2 is 2.13 bits per heavy atom. The minimum Gasteiger partial charge on any atom is -0.361 e. The lowest BCUT2D eigenvalue weighted by Crippen LogP contribution is -2.46. The highest BCUT2D eigenvalue weighted by molar-refractivity contribution is 5.94. The number of hydrogen-bond donors (Lipinski definition) is 1. The van der Waals surface area contributed by atoms with E-state index in [1.165, 1.54) is 0 Å². The van der Waals surface area contributed by atoms with E-state index < -0.39 is 0 Å². The van der Waals surface area contributed by atoms with Crippen molar-refractivity contribution < 1.29 is 14.1 Å². The molecule has 7 nitrogen and oxygen atoms in total.